The molecule has 14 nitrogen and oxygen atoms in total. The quantitative estimate of drug-likeness (QED) is 0.179. The fourth-order valence-corrected chi connectivity index (χ4v) is 10.1. The van der Waals surface area contributed by atoms with Crippen LogP contribution in [-0.2, 0) is 20.9 Å². The minimum atomic E-state index is -0.764. The second-order valence-corrected chi connectivity index (χ2v) is 18.2. The molecular formula is C45H58FN9O5. The topological polar surface area (TPSA) is 149 Å². The molecule has 2 aliphatic carbocycles. The molecule has 5 fully saturated rings. The van der Waals surface area contributed by atoms with Gasteiger partial charge in [-0.15, -0.1) is 0 Å². The molecule has 0 bridgehead atoms. The summed E-state index contributed by atoms with van der Waals surface area (Å²) in [6, 6.07) is 10.9. The number of halogens is 1. The number of nitrogens with zero attached hydrogens (tertiary/aromatic N) is 7. The van der Waals surface area contributed by atoms with E-state index in [4.69, 9.17) is 9.47 Å². The van der Waals surface area contributed by atoms with E-state index in [0.717, 1.165) is 118 Å². The SMILES string of the molecule is C[C@H]1CN(CC2CCC(OC3CCN(c4cc(-c5n[nH]c6ccc(OC7(C)CC7)cc56)ncn4)CC3)CC2)CCN1c1ccc2c(c1F)CN(C1CCC(=O)NC1=O)C2=O.[HH].[HH]. The van der Waals surface area contributed by atoms with E-state index < -0.39 is 11.9 Å². The van der Waals surface area contributed by atoms with Crippen LogP contribution in [0.3, 0.4) is 0 Å². The maximum Gasteiger partial charge on any atom is 0.255 e. The molecule has 4 aliphatic heterocycles. The number of H-pyrrole nitrogens is 1. The highest BCUT2D eigenvalue weighted by Gasteiger charge is 2.42. The highest BCUT2D eigenvalue weighted by atomic mass is 19.1. The predicted molar refractivity (Wildman–Crippen MR) is 227 cm³/mol. The third-order valence-electron chi connectivity index (χ3n) is 13.9. The molecule has 60 heavy (non-hydrogen) atoms. The van der Waals surface area contributed by atoms with Crippen LogP contribution in [-0.4, -0.2) is 117 Å². The maximum atomic E-state index is 16.1. The van der Waals surface area contributed by atoms with Gasteiger partial charge in [-0.05, 0) is 108 Å². The first-order valence-corrected chi connectivity index (χ1v) is 21.9. The number of carbonyl (C=O) groups excluding carboxylic acids is 3. The number of ether oxygens (including phenoxy) is 2. The number of imide groups is 1. The predicted octanol–water partition coefficient (Wildman–Crippen LogP) is 6.10. The zero-order chi connectivity index (χ0) is 41.1. The summed E-state index contributed by atoms with van der Waals surface area (Å²) in [5.41, 5.74) is 3.65. The second kappa shape index (κ2) is 15.7. The molecule has 3 saturated heterocycles. The molecule has 2 saturated carbocycles. The third-order valence-corrected chi connectivity index (χ3v) is 13.9. The van der Waals surface area contributed by atoms with Crippen LogP contribution in [0, 0.1) is 11.7 Å². The number of nitrogens with one attached hydrogen (secondary N) is 2. The third kappa shape index (κ3) is 7.70. The Kier molecular flexibility index (Phi) is 10.2. The van der Waals surface area contributed by atoms with Gasteiger partial charge in [0.2, 0.25) is 11.8 Å². The van der Waals surface area contributed by atoms with Gasteiger partial charge in [-0.25, -0.2) is 14.4 Å². The number of fused-ring (bicyclic) bond motifs is 2. The number of amides is 3. The van der Waals surface area contributed by atoms with Crippen molar-refractivity contribution in [1.29, 1.82) is 0 Å². The Bertz CT molecular complexity index is 2310. The van der Waals surface area contributed by atoms with Gasteiger partial charge in [0.1, 0.15) is 35.2 Å². The minimum absolute atomic E-state index is 0. The number of anilines is 2. The molecule has 1 unspecified atom stereocenters. The highest BCUT2D eigenvalue weighted by molar-refractivity contribution is 6.05. The highest BCUT2D eigenvalue weighted by Crippen LogP contribution is 2.41. The fourth-order valence-electron chi connectivity index (χ4n) is 10.1. The van der Waals surface area contributed by atoms with Gasteiger partial charge in [-0.3, -0.25) is 29.7 Å². The number of piperazine rings is 1. The van der Waals surface area contributed by atoms with Crippen molar-refractivity contribution in [2.24, 2.45) is 5.92 Å². The van der Waals surface area contributed by atoms with E-state index >= 15 is 4.39 Å². The van der Waals surface area contributed by atoms with Crippen molar-refractivity contribution in [3.05, 3.63) is 59.7 Å². The summed E-state index contributed by atoms with van der Waals surface area (Å²) >= 11 is 0. The molecule has 4 aromatic rings. The molecule has 6 heterocycles. The van der Waals surface area contributed by atoms with Gasteiger partial charge >= 0.3 is 0 Å². The summed E-state index contributed by atoms with van der Waals surface area (Å²) in [6.07, 6.45) is 11.1. The minimum Gasteiger partial charge on any atom is -0.488 e. The zero-order valence-corrected chi connectivity index (χ0v) is 34.5. The van der Waals surface area contributed by atoms with Crippen molar-refractivity contribution in [2.75, 3.05) is 49.1 Å². The zero-order valence-electron chi connectivity index (χ0n) is 34.5. The van der Waals surface area contributed by atoms with Crippen LogP contribution in [0.1, 0.15) is 96.8 Å². The van der Waals surface area contributed by atoms with Gasteiger partial charge in [0.05, 0.1) is 35.7 Å². The van der Waals surface area contributed by atoms with E-state index in [1.54, 1.807) is 18.5 Å². The van der Waals surface area contributed by atoms with Crippen molar-refractivity contribution < 1.29 is 31.1 Å². The van der Waals surface area contributed by atoms with Crippen LogP contribution in [0.25, 0.3) is 22.3 Å². The number of piperidine rings is 2. The Morgan fingerprint density at radius 2 is 1.72 bits per heavy atom. The molecule has 320 valence electrons. The summed E-state index contributed by atoms with van der Waals surface area (Å²) in [5, 5.41) is 11.1. The summed E-state index contributed by atoms with van der Waals surface area (Å²) < 4.78 is 29.1. The second-order valence-electron chi connectivity index (χ2n) is 18.2. The van der Waals surface area contributed by atoms with Crippen LogP contribution in [0.4, 0.5) is 15.9 Å². The Morgan fingerprint density at radius 3 is 2.48 bits per heavy atom. The molecule has 2 aromatic heterocycles. The Hall–Kier alpha value is -5.15. The van der Waals surface area contributed by atoms with Gasteiger partial charge in [0.25, 0.3) is 5.91 Å². The number of aromatic amines is 1. The monoisotopic (exact) mass is 823 g/mol. The first-order valence-electron chi connectivity index (χ1n) is 21.9. The fraction of sp³-hybridized carbons (Fsp3) is 0.556. The molecule has 6 aliphatic rings. The molecule has 2 aromatic carbocycles. The maximum absolute atomic E-state index is 16.1. The number of hydrogen-bond acceptors (Lipinski definition) is 11. The van der Waals surface area contributed by atoms with Gasteiger partial charge in [-0.1, -0.05) is 0 Å². The lowest BCUT2D eigenvalue weighted by atomic mass is 9.86. The molecule has 3 amide bonds. The van der Waals surface area contributed by atoms with Crippen LogP contribution in [0.15, 0.2) is 42.7 Å². The Balaban J connectivity index is 0.00000264. The largest absolute Gasteiger partial charge is 0.488 e. The smallest absolute Gasteiger partial charge is 0.255 e. The molecule has 2 N–H and O–H groups in total. The Morgan fingerprint density at radius 1 is 0.917 bits per heavy atom. The molecule has 15 heteroatoms. The molecule has 10 rings (SSSR count). The van der Waals surface area contributed by atoms with Crippen molar-refractivity contribution >= 4 is 40.1 Å². The first-order chi connectivity index (χ1) is 29.1. The van der Waals surface area contributed by atoms with Crippen LogP contribution in [0.2, 0.25) is 0 Å². The van der Waals surface area contributed by atoms with Crippen molar-refractivity contribution in [3.8, 4) is 17.1 Å². The van der Waals surface area contributed by atoms with Crippen LogP contribution in [0.5, 0.6) is 5.75 Å². The first kappa shape index (κ1) is 39.0. The van der Waals surface area contributed by atoms with E-state index in [2.05, 4.69) is 60.1 Å². The molecule has 2 atom stereocenters. The number of rotatable bonds is 10. The molecule has 0 radical (unpaired) electrons. The summed E-state index contributed by atoms with van der Waals surface area (Å²) in [5.74, 6) is 0.812. The van der Waals surface area contributed by atoms with E-state index in [-0.39, 0.29) is 57.6 Å². The molecule has 0 spiro atoms. The summed E-state index contributed by atoms with van der Waals surface area (Å²) in [7, 11) is 0. The van der Waals surface area contributed by atoms with Gasteiger partial charge < -0.3 is 24.2 Å². The lowest BCUT2D eigenvalue weighted by molar-refractivity contribution is -0.136. The van der Waals surface area contributed by atoms with Crippen molar-refractivity contribution in [3.63, 3.8) is 0 Å². The van der Waals surface area contributed by atoms with Crippen molar-refractivity contribution in [1.82, 2.24) is 35.3 Å². The summed E-state index contributed by atoms with van der Waals surface area (Å²) in [4.78, 5) is 55.0. The number of aromatic nitrogens is 4. The normalized spacial score (nSPS) is 26.1. The van der Waals surface area contributed by atoms with Crippen LogP contribution >= 0.6 is 0 Å². The lowest BCUT2D eigenvalue weighted by Gasteiger charge is -2.43. The number of carbonyl (C=O) groups is 3. The molecular weight excluding hydrogens is 766 g/mol. The van der Waals surface area contributed by atoms with Crippen LogP contribution < -0.4 is 19.9 Å². The van der Waals surface area contributed by atoms with E-state index in [1.165, 1.54) is 4.90 Å². The van der Waals surface area contributed by atoms with E-state index in [1.807, 2.05) is 18.2 Å². The standard InChI is InChI=1S/C45H54FN9O5.2H2/c1-27-23-52(19-20-54(27)37-10-8-32-34(41(37)46)25-55(44(32)58)38-11-12-40(56)49-43(38)57)24-28-3-5-29(6-4-28)59-30-13-17-53(18-14-30)39-22-36(47-26-48-39)42-33-21-31(60-45(2)15-16-45)7-9-35(33)50-51-42;;/h7-10,21-22,26-30,38H,3-6,11-20,23-25H2,1-2H3,(H,50,51)(H,49,56,57);2*1H/t27-,28?,29?,38?;;/m0../s1. The van der Waals surface area contributed by atoms with Crippen molar-refractivity contribution in [2.45, 2.75) is 114 Å². The average molecular weight is 824 g/mol. The van der Waals surface area contributed by atoms with Gasteiger partial charge in [0, 0.05) is 77.2 Å². The Labute approximate surface area is 352 Å². The van der Waals surface area contributed by atoms with Gasteiger partial charge in [-0.2, -0.15) is 5.10 Å². The number of hydrogen-bond donors (Lipinski definition) is 2. The van der Waals surface area contributed by atoms with Gasteiger partial charge in [0.15, 0.2) is 5.82 Å². The van der Waals surface area contributed by atoms with E-state index in [0.29, 0.717) is 35.4 Å². The lowest BCUT2D eigenvalue weighted by Crippen LogP contribution is -2.53. The average Bonchev–Trinajstić information content (AvgIpc) is 3.66. The number of benzene rings is 2. The summed E-state index contributed by atoms with van der Waals surface area (Å²) in [6.45, 7) is 9.51. The van der Waals surface area contributed by atoms with E-state index in [9.17, 15) is 14.4 Å².